The first-order valence-corrected chi connectivity index (χ1v) is 4.74. The molecule has 0 N–H and O–H groups in total. The molecule has 0 saturated carbocycles. The largest absolute Gasteiger partial charge is 0.546 e. The molecule has 0 rings (SSSR count). The molecule has 0 aliphatic heterocycles. The van der Waals surface area contributed by atoms with E-state index in [1.54, 1.807) is 0 Å². The zero-order valence-corrected chi connectivity index (χ0v) is 6.57. The third-order valence-electron chi connectivity index (χ3n) is 0.745. The van der Waals surface area contributed by atoms with E-state index in [-0.39, 0.29) is 0 Å². The second-order valence-corrected chi connectivity index (χ2v) is 4.05. The van der Waals surface area contributed by atoms with E-state index in [0.29, 0.717) is 0 Å². The van der Waals surface area contributed by atoms with Gasteiger partial charge in [0.25, 0.3) is 6.26 Å². The van der Waals surface area contributed by atoms with Gasteiger partial charge in [0.05, 0.1) is 0 Å². The fraction of sp³-hybridized carbons (Fsp3) is 0.250. The normalized spacial score (nSPS) is 12.7. The standard InChI is InChI=1S/C4H3N3O3Si/c1-11(6-3-8,7-4-9)10-2-5/h1H3. The maximum absolute atomic E-state index is 9.73. The molecular weight excluding hydrogens is 166 g/mol. The highest BCUT2D eigenvalue weighted by atomic mass is 28.4. The van der Waals surface area contributed by atoms with Gasteiger partial charge in [-0.1, -0.05) is 0 Å². The molecule has 0 spiro atoms. The summed E-state index contributed by atoms with van der Waals surface area (Å²) in [5.74, 6) is 0. The van der Waals surface area contributed by atoms with Gasteiger partial charge >= 0.3 is 8.64 Å². The van der Waals surface area contributed by atoms with Gasteiger partial charge in [0.1, 0.15) is 0 Å². The highest BCUT2D eigenvalue weighted by molar-refractivity contribution is 6.70. The van der Waals surface area contributed by atoms with Crippen LogP contribution in [-0.2, 0) is 14.0 Å². The summed E-state index contributed by atoms with van der Waals surface area (Å²) in [5.41, 5.74) is 0. The van der Waals surface area contributed by atoms with E-state index in [0.717, 1.165) is 0 Å². The maximum Gasteiger partial charge on any atom is 0.546 e. The first-order chi connectivity index (χ1) is 5.18. The molecule has 0 aliphatic rings. The van der Waals surface area contributed by atoms with E-state index in [1.807, 2.05) is 0 Å². The van der Waals surface area contributed by atoms with Crippen LogP contribution in [0.1, 0.15) is 0 Å². The number of isocyanates is 2. The van der Waals surface area contributed by atoms with Gasteiger partial charge in [-0.25, -0.2) is 9.59 Å². The van der Waals surface area contributed by atoms with Gasteiger partial charge in [0, 0.05) is 6.55 Å². The molecule has 0 unspecified atom stereocenters. The molecule has 0 atom stereocenters. The van der Waals surface area contributed by atoms with E-state index in [9.17, 15) is 9.59 Å². The van der Waals surface area contributed by atoms with Crippen molar-refractivity contribution in [2.24, 2.45) is 9.32 Å². The van der Waals surface area contributed by atoms with Gasteiger partial charge in [0.15, 0.2) is 0 Å². The predicted molar refractivity (Wildman–Crippen MR) is 34.6 cm³/mol. The van der Waals surface area contributed by atoms with E-state index in [1.165, 1.54) is 25.0 Å². The lowest BCUT2D eigenvalue weighted by molar-refractivity contribution is 0.491. The zero-order chi connectivity index (χ0) is 8.74. The van der Waals surface area contributed by atoms with Crippen molar-refractivity contribution < 1.29 is 14.0 Å². The molecule has 0 aromatic carbocycles. The molecule has 0 aromatic rings. The summed E-state index contributed by atoms with van der Waals surface area (Å²) >= 11 is 0. The van der Waals surface area contributed by atoms with Crippen LogP contribution >= 0.6 is 0 Å². The molecule has 7 heteroatoms. The summed E-state index contributed by atoms with van der Waals surface area (Å²) in [6.45, 7) is 1.28. The van der Waals surface area contributed by atoms with E-state index in [2.05, 4.69) is 13.7 Å². The van der Waals surface area contributed by atoms with Crippen molar-refractivity contribution in [2.45, 2.75) is 6.55 Å². The van der Waals surface area contributed by atoms with Gasteiger partial charge in [-0.05, 0) is 0 Å². The molecule has 56 valence electrons. The second-order valence-electron chi connectivity index (χ2n) is 1.53. The molecule has 0 bridgehead atoms. The second kappa shape index (κ2) is 4.14. The van der Waals surface area contributed by atoms with Crippen LogP contribution in [0, 0.1) is 11.5 Å². The Morgan fingerprint density at radius 1 is 1.36 bits per heavy atom. The number of carbonyl (C=O) groups excluding carboxylic acids is 2. The SMILES string of the molecule is C[Si](N=C=O)(N=C=O)OC#N. The van der Waals surface area contributed by atoms with Crippen LogP contribution in [0.15, 0.2) is 9.32 Å². The Labute approximate surface area is 63.1 Å². The molecule has 0 amide bonds. The van der Waals surface area contributed by atoms with Crippen molar-refractivity contribution in [3.63, 3.8) is 0 Å². The van der Waals surface area contributed by atoms with Crippen LogP contribution in [0.25, 0.3) is 0 Å². The molecule has 0 fully saturated rings. The number of nitriles is 1. The molecule has 0 saturated heterocycles. The van der Waals surface area contributed by atoms with Crippen molar-refractivity contribution in [2.75, 3.05) is 0 Å². The first-order valence-electron chi connectivity index (χ1n) is 2.43. The lowest BCUT2D eigenvalue weighted by Crippen LogP contribution is -2.27. The Bertz CT molecular complexity index is 253. The van der Waals surface area contributed by atoms with Crippen molar-refractivity contribution in [3.05, 3.63) is 0 Å². The van der Waals surface area contributed by atoms with Crippen molar-refractivity contribution >= 4 is 20.8 Å². The van der Waals surface area contributed by atoms with Gasteiger partial charge < -0.3 is 4.43 Å². The van der Waals surface area contributed by atoms with Crippen LogP contribution in [-0.4, -0.2) is 20.8 Å². The van der Waals surface area contributed by atoms with Crippen LogP contribution in [0.4, 0.5) is 0 Å². The minimum Gasteiger partial charge on any atom is -0.438 e. The fourth-order valence-corrected chi connectivity index (χ4v) is 0.979. The molecule has 0 radical (unpaired) electrons. The Morgan fingerprint density at radius 3 is 2.09 bits per heavy atom. The summed E-state index contributed by atoms with van der Waals surface area (Å²) in [7, 11) is -3.21. The minimum atomic E-state index is -3.21. The van der Waals surface area contributed by atoms with Gasteiger partial charge in [-0.2, -0.15) is 14.6 Å². The highest BCUT2D eigenvalue weighted by Crippen LogP contribution is 2.04. The Morgan fingerprint density at radius 2 is 1.82 bits per heavy atom. The lowest BCUT2D eigenvalue weighted by atomic mass is 11.6. The molecule has 11 heavy (non-hydrogen) atoms. The Hall–Kier alpha value is -1.73. The van der Waals surface area contributed by atoms with Crippen molar-refractivity contribution in [1.29, 1.82) is 5.26 Å². The summed E-state index contributed by atoms with van der Waals surface area (Å²) < 4.78 is 10.5. The highest BCUT2D eigenvalue weighted by Gasteiger charge is 2.32. The third kappa shape index (κ3) is 3.08. The average Bonchev–Trinajstić information content (AvgIpc) is 1.88. The fourth-order valence-electron chi connectivity index (χ4n) is 0.326. The number of rotatable bonds is 3. The lowest BCUT2D eigenvalue weighted by Gasteiger charge is -2.05. The maximum atomic E-state index is 9.73. The van der Waals surface area contributed by atoms with Crippen LogP contribution in [0.3, 0.4) is 0 Å². The number of hydrogen-bond acceptors (Lipinski definition) is 6. The van der Waals surface area contributed by atoms with E-state index in [4.69, 9.17) is 5.26 Å². The molecule has 0 aromatic heterocycles. The number of hydrogen-bond donors (Lipinski definition) is 0. The molecule has 0 heterocycles. The van der Waals surface area contributed by atoms with Gasteiger partial charge in [0.2, 0.25) is 12.2 Å². The minimum absolute atomic E-state index is 1.17. The summed E-state index contributed by atoms with van der Waals surface area (Å²) in [5, 5.41) is 8.04. The van der Waals surface area contributed by atoms with Crippen molar-refractivity contribution in [1.82, 2.24) is 0 Å². The zero-order valence-electron chi connectivity index (χ0n) is 5.57. The summed E-state index contributed by atoms with van der Waals surface area (Å²) in [6, 6.07) is 0. The molecular formula is C4H3N3O3Si. The van der Waals surface area contributed by atoms with Crippen LogP contribution in [0.2, 0.25) is 6.55 Å². The monoisotopic (exact) mass is 169 g/mol. The third-order valence-corrected chi connectivity index (χ3v) is 2.24. The Kier molecular flexibility index (Phi) is 3.49. The van der Waals surface area contributed by atoms with Gasteiger partial charge in [-0.15, -0.1) is 0 Å². The summed E-state index contributed by atoms with van der Waals surface area (Å²) in [4.78, 5) is 19.5. The first kappa shape index (κ1) is 9.27. The van der Waals surface area contributed by atoms with Crippen molar-refractivity contribution in [3.8, 4) is 6.26 Å². The Balaban J connectivity index is 4.67. The summed E-state index contributed by atoms with van der Waals surface area (Å²) in [6.07, 6.45) is 3.63. The van der Waals surface area contributed by atoms with E-state index >= 15 is 0 Å². The smallest absolute Gasteiger partial charge is 0.438 e. The number of nitrogens with zero attached hydrogens (tertiary/aromatic N) is 3. The predicted octanol–water partition coefficient (Wildman–Crippen LogP) is -0.276. The van der Waals surface area contributed by atoms with Crippen LogP contribution in [0.5, 0.6) is 0 Å². The quantitative estimate of drug-likeness (QED) is 0.251. The van der Waals surface area contributed by atoms with Gasteiger partial charge in [-0.3, -0.25) is 0 Å². The average molecular weight is 169 g/mol. The van der Waals surface area contributed by atoms with Crippen LogP contribution < -0.4 is 0 Å². The van der Waals surface area contributed by atoms with E-state index < -0.39 is 8.64 Å². The molecule has 0 aliphatic carbocycles. The molecule has 6 nitrogen and oxygen atoms in total. The topological polar surface area (TPSA) is 91.9 Å².